The van der Waals surface area contributed by atoms with Crippen LogP contribution in [0.5, 0.6) is 5.75 Å². The summed E-state index contributed by atoms with van der Waals surface area (Å²) >= 11 is 1.68. The Balaban J connectivity index is 1.57. The van der Waals surface area contributed by atoms with Crippen LogP contribution in [0.3, 0.4) is 0 Å². The third kappa shape index (κ3) is 5.51. The zero-order valence-corrected chi connectivity index (χ0v) is 21.1. The Labute approximate surface area is 205 Å². The van der Waals surface area contributed by atoms with E-state index in [4.69, 9.17) is 4.74 Å². The first kappa shape index (κ1) is 24.4. The van der Waals surface area contributed by atoms with Gasteiger partial charge in [0.05, 0.1) is 12.0 Å². The number of thiophene rings is 1. The Kier molecular flexibility index (Phi) is 7.70. The minimum atomic E-state index is -3.51. The van der Waals surface area contributed by atoms with Crippen molar-refractivity contribution >= 4 is 27.3 Å². The maximum Gasteiger partial charge on any atom is 0.254 e. The predicted octanol–water partition coefficient (Wildman–Crippen LogP) is 4.81. The van der Waals surface area contributed by atoms with Crippen molar-refractivity contribution in [1.29, 1.82) is 0 Å². The summed E-state index contributed by atoms with van der Waals surface area (Å²) in [5.74, 6) is 0.646. The van der Waals surface area contributed by atoms with Crippen molar-refractivity contribution in [2.45, 2.75) is 43.7 Å². The summed E-state index contributed by atoms with van der Waals surface area (Å²) in [5, 5.41) is 2.04. The Morgan fingerprint density at radius 1 is 1.06 bits per heavy atom. The fourth-order valence-corrected chi connectivity index (χ4v) is 6.54. The number of nitrogens with zero attached hydrogens (tertiary/aromatic N) is 2. The highest BCUT2D eigenvalue weighted by Gasteiger charge is 2.28. The van der Waals surface area contributed by atoms with E-state index in [1.165, 1.54) is 9.18 Å². The second kappa shape index (κ2) is 10.7. The summed E-state index contributed by atoms with van der Waals surface area (Å²) in [5.41, 5.74) is 1.48. The van der Waals surface area contributed by atoms with Crippen LogP contribution in [0.2, 0.25) is 0 Å². The minimum Gasteiger partial charge on any atom is -0.497 e. The van der Waals surface area contributed by atoms with Crippen LogP contribution < -0.4 is 4.74 Å². The highest BCUT2D eigenvalue weighted by Crippen LogP contribution is 2.24. The third-order valence-corrected chi connectivity index (χ3v) is 9.00. The molecule has 1 aromatic heterocycles. The first-order valence-electron chi connectivity index (χ1n) is 11.4. The lowest BCUT2D eigenvalue weighted by molar-refractivity contribution is 0.0676. The van der Waals surface area contributed by atoms with E-state index in [-0.39, 0.29) is 16.8 Å². The summed E-state index contributed by atoms with van der Waals surface area (Å²) in [7, 11) is -1.88. The van der Waals surface area contributed by atoms with Gasteiger partial charge in [0.1, 0.15) is 5.75 Å². The normalized spacial score (nSPS) is 15.2. The molecule has 0 aliphatic carbocycles. The van der Waals surface area contributed by atoms with Gasteiger partial charge in [-0.05, 0) is 73.2 Å². The number of methoxy groups -OCH3 is 1. The lowest BCUT2D eigenvalue weighted by Gasteiger charge is -2.29. The largest absolute Gasteiger partial charge is 0.497 e. The average molecular weight is 499 g/mol. The molecule has 0 saturated carbocycles. The fourth-order valence-electron chi connectivity index (χ4n) is 4.20. The molecule has 0 spiro atoms. The van der Waals surface area contributed by atoms with E-state index in [1.807, 2.05) is 47.5 Å². The summed E-state index contributed by atoms with van der Waals surface area (Å²) in [6.07, 6.45) is 2.53. The van der Waals surface area contributed by atoms with Gasteiger partial charge in [0.15, 0.2) is 0 Å². The molecule has 4 rings (SSSR count). The number of carbonyl (C=O) groups excluding carboxylic acids is 1. The molecule has 1 aliphatic heterocycles. The maximum atomic E-state index is 13.6. The van der Waals surface area contributed by atoms with E-state index >= 15 is 0 Å². The molecule has 0 N–H and O–H groups in total. The van der Waals surface area contributed by atoms with Crippen LogP contribution >= 0.6 is 11.3 Å². The molecule has 2 aromatic carbocycles. The third-order valence-electron chi connectivity index (χ3n) is 6.19. The Hall–Kier alpha value is -2.68. The van der Waals surface area contributed by atoms with Crippen LogP contribution in [0.4, 0.5) is 0 Å². The van der Waals surface area contributed by atoms with Crippen molar-refractivity contribution in [1.82, 2.24) is 9.21 Å². The number of ether oxygens (including phenoxy) is 1. The molecule has 1 atom stereocenters. The predicted molar refractivity (Wildman–Crippen MR) is 135 cm³/mol. The van der Waals surface area contributed by atoms with E-state index in [0.29, 0.717) is 25.2 Å². The number of hydrogen-bond donors (Lipinski definition) is 0. The van der Waals surface area contributed by atoms with E-state index in [1.54, 1.807) is 42.7 Å². The van der Waals surface area contributed by atoms with Crippen molar-refractivity contribution in [3.63, 3.8) is 0 Å². The molecule has 180 valence electrons. The highest BCUT2D eigenvalue weighted by molar-refractivity contribution is 7.89. The van der Waals surface area contributed by atoms with Crippen LogP contribution in [0, 0.1) is 0 Å². The SMILES string of the molecule is COc1ccc(CN(C(=O)c2ccc(S(=O)(=O)N3CCCC3)cc2)[C@@H](C)Cc2cccs2)cc1. The summed E-state index contributed by atoms with van der Waals surface area (Å²) in [6, 6.07) is 18.1. The smallest absolute Gasteiger partial charge is 0.254 e. The lowest BCUT2D eigenvalue weighted by atomic mass is 10.1. The first-order chi connectivity index (χ1) is 16.4. The molecule has 0 bridgehead atoms. The molecular weight excluding hydrogens is 468 g/mol. The van der Waals surface area contributed by atoms with Gasteiger partial charge in [0, 0.05) is 42.5 Å². The van der Waals surface area contributed by atoms with Crippen LogP contribution in [-0.4, -0.2) is 49.8 Å². The summed E-state index contributed by atoms with van der Waals surface area (Å²) in [4.78, 5) is 16.9. The second-order valence-corrected chi connectivity index (χ2v) is 11.5. The molecular formula is C26H30N2O4S2. The van der Waals surface area contributed by atoms with Crippen molar-refractivity contribution in [3.8, 4) is 5.75 Å². The van der Waals surface area contributed by atoms with Crippen molar-refractivity contribution in [2.75, 3.05) is 20.2 Å². The lowest BCUT2D eigenvalue weighted by Crippen LogP contribution is -2.39. The first-order valence-corrected chi connectivity index (χ1v) is 13.8. The van der Waals surface area contributed by atoms with Crippen molar-refractivity contribution < 1.29 is 17.9 Å². The number of rotatable bonds is 9. The summed E-state index contributed by atoms with van der Waals surface area (Å²) < 4.78 is 32.5. The van der Waals surface area contributed by atoms with Crippen molar-refractivity contribution in [2.24, 2.45) is 0 Å². The Morgan fingerprint density at radius 2 is 1.74 bits per heavy atom. The van der Waals surface area contributed by atoms with Crippen LogP contribution in [-0.2, 0) is 23.0 Å². The van der Waals surface area contributed by atoms with E-state index < -0.39 is 10.0 Å². The number of benzene rings is 2. The van der Waals surface area contributed by atoms with Crippen molar-refractivity contribution in [3.05, 3.63) is 82.0 Å². The van der Waals surface area contributed by atoms with E-state index in [9.17, 15) is 13.2 Å². The van der Waals surface area contributed by atoms with Crippen LogP contribution in [0.15, 0.2) is 70.9 Å². The second-order valence-electron chi connectivity index (χ2n) is 8.55. The molecule has 0 unspecified atom stereocenters. The summed E-state index contributed by atoms with van der Waals surface area (Å²) in [6.45, 7) is 3.61. The number of carbonyl (C=O) groups is 1. The molecule has 2 heterocycles. The Morgan fingerprint density at radius 3 is 2.32 bits per heavy atom. The van der Waals surface area contributed by atoms with Gasteiger partial charge < -0.3 is 9.64 Å². The molecule has 1 saturated heterocycles. The Bertz CT molecular complexity index is 1180. The van der Waals surface area contributed by atoms with Gasteiger partial charge >= 0.3 is 0 Å². The fraction of sp³-hybridized carbons (Fsp3) is 0.346. The van der Waals surface area contributed by atoms with Gasteiger partial charge in [-0.3, -0.25) is 4.79 Å². The monoisotopic (exact) mass is 498 g/mol. The average Bonchev–Trinajstić information content (AvgIpc) is 3.57. The number of sulfonamides is 1. The number of amides is 1. The van der Waals surface area contributed by atoms with E-state index in [2.05, 4.69) is 6.07 Å². The molecule has 34 heavy (non-hydrogen) atoms. The quantitative estimate of drug-likeness (QED) is 0.424. The van der Waals surface area contributed by atoms with Gasteiger partial charge in [-0.1, -0.05) is 18.2 Å². The van der Waals surface area contributed by atoms with Gasteiger partial charge in [-0.25, -0.2) is 8.42 Å². The molecule has 0 radical (unpaired) electrons. The van der Waals surface area contributed by atoms with Crippen LogP contribution in [0.1, 0.15) is 40.6 Å². The molecule has 6 nitrogen and oxygen atoms in total. The maximum absolute atomic E-state index is 13.6. The number of hydrogen-bond acceptors (Lipinski definition) is 5. The molecule has 3 aromatic rings. The van der Waals surface area contributed by atoms with E-state index in [0.717, 1.165) is 30.6 Å². The standard InChI is InChI=1S/C26H30N2O4S2/c1-20(18-24-6-5-17-33-24)28(19-21-7-11-23(32-2)12-8-21)26(29)22-9-13-25(14-10-22)34(30,31)27-15-3-4-16-27/h5-14,17,20H,3-4,15-16,18-19H2,1-2H3/t20-/m0/s1. The van der Waals surface area contributed by atoms with Gasteiger partial charge in [-0.15, -0.1) is 11.3 Å². The highest BCUT2D eigenvalue weighted by atomic mass is 32.2. The van der Waals surface area contributed by atoms with Gasteiger partial charge in [-0.2, -0.15) is 4.31 Å². The topological polar surface area (TPSA) is 66.9 Å². The zero-order valence-electron chi connectivity index (χ0n) is 19.5. The molecule has 1 fully saturated rings. The zero-order chi connectivity index (χ0) is 24.1. The van der Waals surface area contributed by atoms with Gasteiger partial charge in [0.25, 0.3) is 5.91 Å². The van der Waals surface area contributed by atoms with Gasteiger partial charge in [0.2, 0.25) is 10.0 Å². The molecule has 1 amide bonds. The minimum absolute atomic E-state index is 0.0405. The van der Waals surface area contributed by atoms with Crippen LogP contribution in [0.25, 0.3) is 0 Å². The molecule has 8 heteroatoms. The molecule has 1 aliphatic rings.